The zero-order chi connectivity index (χ0) is 35.9. The Morgan fingerprint density at radius 1 is 0.522 bits per heavy atom. The van der Waals surface area contributed by atoms with Crippen LogP contribution in [0.1, 0.15) is 186 Å². The molecule has 0 unspecified atom stereocenters. The number of carbonyl (C=O) groups is 3. The van der Waals surface area contributed by atoms with E-state index in [0.29, 0.717) is 62.9 Å². The zero-order valence-corrected chi connectivity index (χ0v) is 32.3. The van der Waals surface area contributed by atoms with Gasteiger partial charge in [-0.25, -0.2) is 0 Å². The Hall–Kier alpha value is -1.41. The molecule has 0 aliphatic rings. The molecular weight excluding hydrogens is 580 g/mol. The minimum absolute atomic E-state index is 0.0106. The number of carbonyl (C=O) groups excluding carboxylic acids is 3. The summed E-state index contributed by atoms with van der Waals surface area (Å²) in [4.78, 5) is 36.1. The van der Waals surface area contributed by atoms with E-state index in [1.807, 2.05) is 34.6 Å². The maximum atomic E-state index is 12.3. The molecule has 0 saturated heterocycles. The second-order valence-corrected chi connectivity index (χ2v) is 12.7. The van der Waals surface area contributed by atoms with Crippen molar-refractivity contribution in [3.05, 3.63) is 12.2 Å². The molecule has 0 bridgehead atoms. The van der Waals surface area contributed by atoms with Gasteiger partial charge in [0, 0.05) is 44.3 Å². The van der Waals surface area contributed by atoms with Crippen molar-refractivity contribution in [3.8, 4) is 0 Å². The average Bonchev–Trinajstić information content (AvgIpc) is 3.07. The first-order chi connectivity index (χ1) is 21.7. The summed E-state index contributed by atoms with van der Waals surface area (Å²) in [7, 11) is 0. The summed E-state index contributed by atoms with van der Waals surface area (Å²) in [5.74, 6) is -0.795. The highest BCUT2D eigenvalue weighted by atomic mass is 16.7. The third kappa shape index (κ3) is 16.1. The summed E-state index contributed by atoms with van der Waals surface area (Å²) < 4.78 is 25.1. The molecule has 0 amide bonds. The lowest BCUT2D eigenvalue weighted by atomic mass is 9.88. The molecule has 0 heterocycles. The molecule has 0 aromatic rings. The molecule has 0 aromatic carbocycles. The highest BCUT2D eigenvalue weighted by Gasteiger charge is 2.41. The second-order valence-electron chi connectivity index (χ2n) is 12.7. The van der Waals surface area contributed by atoms with Crippen molar-refractivity contribution in [1.29, 1.82) is 0 Å². The number of Topliss-reactive ketones (excluding diaryl/α,β-unsaturated/α-hetero) is 3. The molecule has 7 heteroatoms. The van der Waals surface area contributed by atoms with E-state index in [-0.39, 0.29) is 23.8 Å². The van der Waals surface area contributed by atoms with Crippen LogP contribution in [-0.2, 0) is 33.3 Å². The molecule has 0 N–H and O–H groups in total. The average molecular weight is 655 g/mol. The number of ether oxygens (including phenoxy) is 4. The van der Waals surface area contributed by atoms with Crippen LogP contribution in [-0.4, -0.2) is 53.3 Å². The lowest BCUT2D eigenvalue weighted by Crippen LogP contribution is -2.47. The van der Waals surface area contributed by atoms with E-state index in [1.165, 1.54) is 0 Å². The number of rotatable bonds is 28. The minimum atomic E-state index is -0.796. The van der Waals surface area contributed by atoms with Gasteiger partial charge >= 0.3 is 0 Å². The molecular formula is C39H74O7. The van der Waals surface area contributed by atoms with Gasteiger partial charge in [0.25, 0.3) is 0 Å². The van der Waals surface area contributed by atoms with E-state index in [0.717, 1.165) is 57.8 Å². The molecule has 272 valence electrons. The fourth-order valence-electron chi connectivity index (χ4n) is 5.70. The van der Waals surface area contributed by atoms with Crippen LogP contribution in [0.15, 0.2) is 12.2 Å². The largest absolute Gasteiger partial charge is 0.350 e. The Morgan fingerprint density at radius 3 is 1.17 bits per heavy atom. The van der Waals surface area contributed by atoms with Gasteiger partial charge in [-0.3, -0.25) is 14.4 Å². The standard InChI is InChI=1S/C21H38O4.C18H36O3/c1-8-14-18(22)15-20(10-3,11-4)25-21(12-5,13-6)24-16-17(7)19(23)9-2;1-7-13-16(19)15-17(9-3,10-4)21-18(11-5,12-6)20-14-8-2/h7-16H2,1-6H3;7-15H2,1-6H3. The first-order valence-corrected chi connectivity index (χ1v) is 18.7. The van der Waals surface area contributed by atoms with E-state index in [9.17, 15) is 14.4 Å². The van der Waals surface area contributed by atoms with Crippen molar-refractivity contribution in [2.24, 2.45) is 0 Å². The van der Waals surface area contributed by atoms with Crippen molar-refractivity contribution < 1.29 is 33.3 Å². The van der Waals surface area contributed by atoms with Crippen LogP contribution in [0.4, 0.5) is 0 Å². The Bertz CT molecular complexity index is 846. The Labute approximate surface area is 284 Å². The summed E-state index contributed by atoms with van der Waals surface area (Å²) in [6, 6.07) is 0. The van der Waals surface area contributed by atoms with Crippen LogP contribution in [0.25, 0.3) is 0 Å². The molecule has 0 aromatic heterocycles. The molecule has 0 spiro atoms. The Kier molecular flexibility index (Phi) is 25.1. The quantitative estimate of drug-likeness (QED) is 0.0612. The van der Waals surface area contributed by atoms with Gasteiger partial charge < -0.3 is 18.9 Å². The summed E-state index contributed by atoms with van der Waals surface area (Å²) in [6.07, 6.45) is 11.4. The minimum Gasteiger partial charge on any atom is -0.350 e. The van der Waals surface area contributed by atoms with Gasteiger partial charge in [0.2, 0.25) is 0 Å². The Balaban J connectivity index is 0. The fraction of sp³-hybridized carbons (Fsp3) is 0.872. The van der Waals surface area contributed by atoms with Crippen LogP contribution < -0.4 is 0 Å². The van der Waals surface area contributed by atoms with Gasteiger partial charge in [-0.2, -0.15) is 0 Å². The van der Waals surface area contributed by atoms with E-state index < -0.39 is 17.2 Å². The van der Waals surface area contributed by atoms with Crippen molar-refractivity contribution in [3.63, 3.8) is 0 Å². The van der Waals surface area contributed by atoms with Crippen LogP contribution in [0.5, 0.6) is 0 Å². The van der Waals surface area contributed by atoms with Crippen LogP contribution in [0.3, 0.4) is 0 Å². The monoisotopic (exact) mass is 655 g/mol. The Morgan fingerprint density at radius 2 is 0.891 bits per heavy atom. The first-order valence-electron chi connectivity index (χ1n) is 18.7. The topological polar surface area (TPSA) is 88.1 Å². The molecule has 0 atom stereocenters. The number of hydrogen-bond donors (Lipinski definition) is 0. The molecule has 0 radical (unpaired) electrons. The van der Waals surface area contributed by atoms with Gasteiger partial charge in [-0.15, -0.1) is 0 Å². The first kappa shape index (κ1) is 46.7. The van der Waals surface area contributed by atoms with Crippen molar-refractivity contribution in [2.45, 2.75) is 209 Å². The molecule has 0 fully saturated rings. The van der Waals surface area contributed by atoms with E-state index >= 15 is 0 Å². The van der Waals surface area contributed by atoms with E-state index in [4.69, 9.17) is 18.9 Å². The van der Waals surface area contributed by atoms with Gasteiger partial charge in [0.1, 0.15) is 11.6 Å². The predicted molar refractivity (Wildman–Crippen MR) is 191 cm³/mol. The normalized spacial score (nSPS) is 12.4. The summed E-state index contributed by atoms with van der Waals surface area (Å²) in [6.45, 7) is 29.2. The fourth-order valence-corrected chi connectivity index (χ4v) is 5.70. The SMILES string of the molecule is C=C(COC(CC)(CC)OC(CC)(CC)CC(=O)CCC)C(=O)CC.CCCOC(CC)(CC)OC(CC)(CC)CC(=O)CCC. The summed E-state index contributed by atoms with van der Waals surface area (Å²) in [5.41, 5.74) is -0.432. The van der Waals surface area contributed by atoms with E-state index in [1.54, 1.807) is 0 Å². The smallest absolute Gasteiger partial charge is 0.168 e. The van der Waals surface area contributed by atoms with Crippen molar-refractivity contribution in [2.75, 3.05) is 13.2 Å². The summed E-state index contributed by atoms with van der Waals surface area (Å²) >= 11 is 0. The molecule has 46 heavy (non-hydrogen) atoms. The summed E-state index contributed by atoms with van der Waals surface area (Å²) in [5, 5.41) is 0. The third-order valence-corrected chi connectivity index (χ3v) is 9.43. The van der Waals surface area contributed by atoms with Gasteiger partial charge in [0.05, 0.1) is 17.8 Å². The van der Waals surface area contributed by atoms with Crippen LogP contribution in [0.2, 0.25) is 0 Å². The maximum Gasteiger partial charge on any atom is 0.168 e. The molecule has 0 aliphatic heterocycles. The number of ketones is 3. The molecule has 0 rings (SSSR count). The van der Waals surface area contributed by atoms with Crippen LogP contribution >= 0.6 is 0 Å². The highest BCUT2D eigenvalue weighted by Crippen LogP contribution is 2.37. The van der Waals surface area contributed by atoms with Crippen LogP contribution in [0, 0.1) is 0 Å². The van der Waals surface area contributed by atoms with E-state index in [2.05, 4.69) is 55.0 Å². The van der Waals surface area contributed by atoms with Crippen molar-refractivity contribution >= 4 is 17.3 Å². The second kappa shape index (κ2) is 24.7. The van der Waals surface area contributed by atoms with Gasteiger partial charge in [0.15, 0.2) is 17.4 Å². The predicted octanol–water partition coefficient (Wildman–Crippen LogP) is 10.7. The van der Waals surface area contributed by atoms with Gasteiger partial charge in [-0.05, 0) is 70.6 Å². The third-order valence-electron chi connectivity index (χ3n) is 9.43. The molecule has 0 saturated carbocycles. The molecule has 7 nitrogen and oxygen atoms in total. The lowest BCUT2D eigenvalue weighted by Gasteiger charge is -2.42. The maximum absolute atomic E-state index is 12.3. The lowest BCUT2D eigenvalue weighted by molar-refractivity contribution is -0.294. The highest BCUT2D eigenvalue weighted by molar-refractivity contribution is 5.94. The number of hydrogen-bond acceptors (Lipinski definition) is 7. The molecule has 0 aliphatic carbocycles. The zero-order valence-electron chi connectivity index (χ0n) is 32.3. The van der Waals surface area contributed by atoms with Gasteiger partial charge in [-0.1, -0.05) is 89.7 Å². The van der Waals surface area contributed by atoms with Crippen molar-refractivity contribution in [1.82, 2.24) is 0 Å².